The molecule has 1 saturated heterocycles. The smallest absolute Gasteiger partial charge is 0.320 e. The van der Waals surface area contributed by atoms with Gasteiger partial charge in [-0.3, -0.25) is 14.8 Å². The summed E-state index contributed by atoms with van der Waals surface area (Å²) in [5, 5.41) is 16.9. The average molecular weight is 535 g/mol. The number of epoxide rings is 1. The van der Waals surface area contributed by atoms with E-state index in [-0.39, 0.29) is 42.6 Å². The molecule has 2 amide bonds. The molecule has 0 bridgehead atoms. The Kier molecular flexibility index (Phi) is 7.05. The molecule has 5 rings (SSSR count). The number of para-hydroxylation sites is 1. The monoisotopic (exact) mass is 534 g/mol. The Morgan fingerprint density at radius 2 is 1.97 bits per heavy atom. The number of halogens is 1. The third kappa shape index (κ3) is 5.33. The molecule has 1 unspecified atom stereocenters. The lowest BCUT2D eigenvalue weighted by atomic mass is 10.1. The molecule has 1 atom stereocenters. The van der Waals surface area contributed by atoms with Crippen molar-refractivity contribution >= 4 is 17.5 Å². The SMILES string of the molecule is Cc1c(C2(Nc3ccc(Oc4ccnc(NC(=O)NCCO)c4)c(F)c3)CO2)c(=O)n(-c2ccccc2)n1C. The fraction of sp³-hybridized carbons (Fsp3) is 0.222. The number of hydrogen-bond acceptors (Lipinski definition) is 7. The molecule has 2 aromatic heterocycles. The van der Waals surface area contributed by atoms with Gasteiger partial charge in [0, 0.05) is 43.3 Å². The number of carbonyl (C=O) groups excluding carboxylic acids is 1. The molecule has 0 spiro atoms. The largest absolute Gasteiger partial charge is 0.454 e. The molecule has 3 heterocycles. The summed E-state index contributed by atoms with van der Waals surface area (Å²) in [6, 6.07) is 16.0. The van der Waals surface area contributed by atoms with Crippen molar-refractivity contribution in [3.05, 3.63) is 94.3 Å². The molecule has 2 aromatic carbocycles. The molecule has 4 N–H and O–H groups in total. The number of urea groups is 1. The van der Waals surface area contributed by atoms with Crippen LogP contribution < -0.4 is 26.2 Å². The number of rotatable bonds is 9. The molecule has 1 fully saturated rings. The van der Waals surface area contributed by atoms with Gasteiger partial charge < -0.3 is 25.2 Å². The Balaban J connectivity index is 1.33. The normalized spacial score (nSPS) is 16.0. The van der Waals surface area contributed by atoms with E-state index in [0.29, 0.717) is 11.3 Å². The number of amides is 2. The molecule has 1 aliphatic heterocycles. The first kappa shape index (κ1) is 25.9. The highest BCUT2D eigenvalue weighted by Crippen LogP contribution is 2.40. The molecule has 12 heteroatoms. The number of aliphatic hydroxyl groups is 1. The zero-order valence-corrected chi connectivity index (χ0v) is 21.3. The molecule has 0 radical (unpaired) electrons. The van der Waals surface area contributed by atoms with Crippen LogP contribution in [0, 0.1) is 12.7 Å². The van der Waals surface area contributed by atoms with Crippen molar-refractivity contribution in [3.63, 3.8) is 0 Å². The highest BCUT2D eigenvalue weighted by atomic mass is 19.1. The van der Waals surface area contributed by atoms with E-state index < -0.39 is 17.6 Å². The molecule has 0 aliphatic carbocycles. The first-order chi connectivity index (χ1) is 18.8. The summed E-state index contributed by atoms with van der Waals surface area (Å²) in [5.41, 5.74) is 1.01. The Labute approximate surface area is 222 Å². The number of benzene rings is 2. The Morgan fingerprint density at radius 1 is 1.21 bits per heavy atom. The average Bonchev–Trinajstić information content (AvgIpc) is 3.64. The molecule has 1 aliphatic rings. The van der Waals surface area contributed by atoms with Crippen molar-refractivity contribution in [1.82, 2.24) is 19.7 Å². The van der Waals surface area contributed by atoms with Crippen LogP contribution in [-0.2, 0) is 17.5 Å². The minimum Gasteiger partial charge on any atom is -0.454 e. The lowest BCUT2D eigenvalue weighted by Gasteiger charge is -2.16. The Hall–Kier alpha value is -4.68. The van der Waals surface area contributed by atoms with E-state index in [4.69, 9.17) is 14.6 Å². The predicted molar refractivity (Wildman–Crippen MR) is 142 cm³/mol. The van der Waals surface area contributed by atoms with Crippen LogP contribution in [0.25, 0.3) is 5.69 Å². The van der Waals surface area contributed by atoms with Crippen LogP contribution >= 0.6 is 0 Å². The molecular formula is C27H27FN6O5. The van der Waals surface area contributed by atoms with E-state index >= 15 is 4.39 Å². The first-order valence-electron chi connectivity index (χ1n) is 12.2. The zero-order chi connectivity index (χ0) is 27.6. The molecule has 202 valence electrons. The van der Waals surface area contributed by atoms with Crippen LogP contribution in [0.15, 0.2) is 71.7 Å². The van der Waals surface area contributed by atoms with Gasteiger partial charge in [0.05, 0.1) is 17.9 Å². The Morgan fingerprint density at radius 3 is 2.67 bits per heavy atom. The number of hydrogen-bond donors (Lipinski definition) is 4. The molecule has 4 aromatic rings. The van der Waals surface area contributed by atoms with E-state index in [1.54, 1.807) is 22.5 Å². The van der Waals surface area contributed by atoms with E-state index in [9.17, 15) is 9.59 Å². The summed E-state index contributed by atoms with van der Waals surface area (Å²) in [6.45, 7) is 1.98. The van der Waals surface area contributed by atoms with Crippen LogP contribution in [-0.4, -0.2) is 45.2 Å². The second-order valence-electron chi connectivity index (χ2n) is 8.91. The summed E-state index contributed by atoms with van der Waals surface area (Å²) < 4.78 is 29.8. The van der Waals surface area contributed by atoms with Gasteiger partial charge in [0.25, 0.3) is 5.56 Å². The molecule has 0 saturated carbocycles. The first-order valence-corrected chi connectivity index (χ1v) is 12.2. The number of aliphatic hydroxyl groups excluding tert-OH is 1. The molecule has 11 nitrogen and oxygen atoms in total. The number of ether oxygens (including phenoxy) is 2. The maximum Gasteiger partial charge on any atom is 0.320 e. The Bertz CT molecular complexity index is 1560. The lowest BCUT2D eigenvalue weighted by molar-refractivity contribution is 0.244. The fourth-order valence-electron chi connectivity index (χ4n) is 4.28. The summed E-state index contributed by atoms with van der Waals surface area (Å²) in [6.07, 6.45) is 1.41. The number of anilines is 2. The van der Waals surface area contributed by atoms with Gasteiger partial charge in [-0.2, -0.15) is 0 Å². The van der Waals surface area contributed by atoms with Crippen molar-refractivity contribution in [2.45, 2.75) is 12.6 Å². The summed E-state index contributed by atoms with van der Waals surface area (Å²) >= 11 is 0. The van der Waals surface area contributed by atoms with Gasteiger partial charge in [0.1, 0.15) is 18.2 Å². The van der Waals surface area contributed by atoms with Gasteiger partial charge in [-0.1, -0.05) is 18.2 Å². The number of nitrogens with zero attached hydrogens (tertiary/aromatic N) is 3. The minimum atomic E-state index is -1.07. The summed E-state index contributed by atoms with van der Waals surface area (Å²) in [4.78, 5) is 29.2. The number of aromatic nitrogens is 3. The van der Waals surface area contributed by atoms with Crippen LogP contribution in [0.2, 0.25) is 0 Å². The second-order valence-corrected chi connectivity index (χ2v) is 8.91. The third-order valence-electron chi connectivity index (χ3n) is 6.27. The van der Waals surface area contributed by atoms with Crippen LogP contribution in [0.5, 0.6) is 11.5 Å². The van der Waals surface area contributed by atoms with Gasteiger partial charge >= 0.3 is 6.03 Å². The maximum atomic E-state index is 15.0. The topological polar surface area (TPSA) is 135 Å². The lowest BCUT2D eigenvalue weighted by Crippen LogP contribution is -2.31. The summed E-state index contributed by atoms with van der Waals surface area (Å²) in [5.74, 6) is -0.246. The van der Waals surface area contributed by atoms with Crippen molar-refractivity contribution in [3.8, 4) is 17.2 Å². The molecular weight excluding hydrogens is 507 g/mol. The third-order valence-corrected chi connectivity index (χ3v) is 6.27. The second kappa shape index (κ2) is 10.6. The minimum absolute atomic E-state index is 0.0458. The van der Waals surface area contributed by atoms with E-state index in [2.05, 4.69) is 20.9 Å². The van der Waals surface area contributed by atoms with Gasteiger partial charge in [-0.25, -0.2) is 18.9 Å². The number of nitrogens with one attached hydrogen (secondary N) is 3. The van der Waals surface area contributed by atoms with Gasteiger partial charge in [-0.15, -0.1) is 0 Å². The fourth-order valence-corrected chi connectivity index (χ4v) is 4.28. The summed E-state index contributed by atoms with van der Waals surface area (Å²) in [7, 11) is 1.80. The van der Waals surface area contributed by atoms with Gasteiger partial charge in [0.2, 0.25) is 0 Å². The van der Waals surface area contributed by atoms with Crippen LogP contribution in [0.1, 0.15) is 11.3 Å². The van der Waals surface area contributed by atoms with Gasteiger partial charge in [-0.05, 0) is 37.3 Å². The quantitative estimate of drug-likeness (QED) is 0.242. The molecule has 39 heavy (non-hydrogen) atoms. The van der Waals surface area contributed by atoms with Crippen molar-refractivity contribution in [2.24, 2.45) is 7.05 Å². The van der Waals surface area contributed by atoms with E-state index in [1.165, 1.54) is 30.5 Å². The highest BCUT2D eigenvalue weighted by Gasteiger charge is 2.51. The highest BCUT2D eigenvalue weighted by molar-refractivity contribution is 5.88. The van der Waals surface area contributed by atoms with E-state index in [0.717, 1.165) is 11.4 Å². The van der Waals surface area contributed by atoms with Gasteiger partial charge in [0.15, 0.2) is 17.3 Å². The van der Waals surface area contributed by atoms with E-state index in [1.807, 2.05) is 37.3 Å². The number of carbonyl (C=O) groups is 1. The number of pyridine rings is 1. The standard InChI is InChI=1S/C27H27FN6O5/c1-17-24(25(36)34(33(17)2)19-6-4-3-5-7-19)27(16-38-27)32-18-8-9-22(21(28)14-18)39-20-10-11-29-23(15-20)31-26(37)30-12-13-35/h3-11,14-15,32,35H,12-13,16H2,1-2H3,(H2,29,30,31,37). The van der Waals surface area contributed by atoms with Crippen LogP contribution in [0.4, 0.5) is 20.7 Å². The predicted octanol–water partition coefficient (Wildman–Crippen LogP) is 3.22. The zero-order valence-electron chi connectivity index (χ0n) is 21.3. The van der Waals surface area contributed by atoms with Crippen molar-refractivity contribution in [1.29, 1.82) is 0 Å². The maximum absolute atomic E-state index is 15.0. The van der Waals surface area contributed by atoms with Crippen LogP contribution in [0.3, 0.4) is 0 Å². The van der Waals surface area contributed by atoms with Crippen molar-refractivity contribution in [2.75, 3.05) is 30.4 Å². The van der Waals surface area contributed by atoms with Crippen molar-refractivity contribution < 1.29 is 23.8 Å².